The molecular weight excluding hydrogens is 248 g/mol. The summed E-state index contributed by atoms with van der Waals surface area (Å²) in [7, 11) is 0. The molecule has 0 saturated heterocycles. The summed E-state index contributed by atoms with van der Waals surface area (Å²) in [4.78, 5) is 35.4. The molecule has 0 fully saturated rings. The van der Waals surface area contributed by atoms with Gasteiger partial charge in [0.15, 0.2) is 0 Å². The van der Waals surface area contributed by atoms with Crippen molar-refractivity contribution in [3.05, 3.63) is 11.6 Å². The van der Waals surface area contributed by atoms with Gasteiger partial charge in [-0.05, 0) is 19.3 Å². The Morgan fingerprint density at radius 2 is 2.11 bits per heavy atom. The summed E-state index contributed by atoms with van der Waals surface area (Å²) in [5, 5.41) is 10.9. The van der Waals surface area contributed by atoms with Crippen LogP contribution >= 0.6 is 0 Å². The van der Waals surface area contributed by atoms with E-state index in [1.54, 1.807) is 11.8 Å². The lowest BCUT2D eigenvalue weighted by atomic mass is 10.0. The van der Waals surface area contributed by atoms with E-state index < -0.39 is 17.9 Å². The summed E-state index contributed by atoms with van der Waals surface area (Å²) in [6, 6.07) is -0.406. The van der Waals surface area contributed by atoms with Gasteiger partial charge in [0.1, 0.15) is 0 Å². The first-order valence-electron chi connectivity index (χ1n) is 6.34. The van der Waals surface area contributed by atoms with Crippen LogP contribution in [-0.4, -0.2) is 41.0 Å². The molecule has 0 aliphatic carbocycles. The maximum atomic E-state index is 11.8. The van der Waals surface area contributed by atoms with Crippen LogP contribution in [0, 0.1) is 5.92 Å². The summed E-state index contributed by atoms with van der Waals surface area (Å²) < 4.78 is 0. The van der Waals surface area contributed by atoms with Gasteiger partial charge in [-0.25, -0.2) is 4.79 Å². The molecule has 0 aromatic rings. The van der Waals surface area contributed by atoms with Crippen LogP contribution in [0.5, 0.6) is 0 Å². The molecule has 0 saturated carbocycles. The summed E-state index contributed by atoms with van der Waals surface area (Å²) >= 11 is 0. The molecule has 0 radical (unpaired) electrons. The van der Waals surface area contributed by atoms with Crippen molar-refractivity contribution < 1.29 is 19.5 Å². The third-order valence-corrected chi connectivity index (χ3v) is 3.03. The number of hydrogen-bond donors (Lipinski definition) is 2. The minimum absolute atomic E-state index is 0.0424. The monoisotopic (exact) mass is 268 g/mol. The highest BCUT2D eigenvalue weighted by atomic mass is 16.4. The molecular formula is C13H20N2O4. The van der Waals surface area contributed by atoms with E-state index in [1.807, 2.05) is 13.0 Å². The third kappa shape index (κ3) is 5.54. The second-order valence-corrected chi connectivity index (χ2v) is 5.01. The van der Waals surface area contributed by atoms with Crippen molar-refractivity contribution in [3.63, 3.8) is 0 Å². The average molecular weight is 268 g/mol. The van der Waals surface area contributed by atoms with E-state index in [-0.39, 0.29) is 18.8 Å². The van der Waals surface area contributed by atoms with Gasteiger partial charge in [0, 0.05) is 25.9 Å². The maximum absolute atomic E-state index is 11.8. The highest BCUT2D eigenvalue weighted by Crippen LogP contribution is 2.10. The van der Waals surface area contributed by atoms with Crippen LogP contribution in [0.3, 0.4) is 0 Å². The van der Waals surface area contributed by atoms with Gasteiger partial charge in [-0.2, -0.15) is 0 Å². The number of hydrogen-bond acceptors (Lipinski definition) is 3. The highest BCUT2D eigenvalue weighted by Gasteiger charge is 2.19. The van der Waals surface area contributed by atoms with E-state index in [9.17, 15) is 14.4 Å². The van der Waals surface area contributed by atoms with Crippen molar-refractivity contribution >= 4 is 17.9 Å². The predicted molar refractivity (Wildman–Crippen MR) is 69.5 cm³/mol. The number of nitrogens with zero attached hydrogens (tertiary/aromatic N) is 1. The van der Waals surface area contributed by atoms with Gasteiger partial charge in [-0.3, -0.25) is 14.9 Å². The Balaban J connectivity index is 2.36. The highest BCUT2D eigenvalue weighted by molar-refractivity contribution is 5.94. The van der Waals surface area contributed by atoms with Crippen molar-refractivity contribution in [2.45, 2.75) is 33.1 Å². The summed E-state index contributed by atoms with van der Waals surface area (Å²) in [6.07, 6.45) is 2.74. The standard InChI is InChI=1S/C13H20N2O4/c1-9-3-5-15(6-4-9)13(19)14-11(16)7-10(2)8-12(17)18/h3,10H,4-8H2,1-2H3,(H,17,18)(H,14,16,19). The van der Waals surface area contributed by atoms with Crippen molar-refractivity contribution in [2.24, 2.45) is 5.92 Å². The van der Waals surface area contributed by atoms with Crippen LogP contribution in [-0.2, 0) is 9.59 Å². The maximum Gasteiger partial charge on any atom is 0.324 e. The fourth-order valence-corrected chi connectivity index (χ4v) is 1.89. The van der Waals surface area contributed by atoms with E-state index in [0.29, 0.717) is 13.1 Å². The second kappa shape index (κ2) is 6.92. The van der Waals surface area contributed by atoms with Crippen LogP contribution in [0.15, 0.2) is 11.6 Å². The fraction of sp³-hybridized carbons (Fsp3) is 0.615. The summed E-state index contributed by atoms with van der Waals surface area (Å²) in [5.41, 5.74) is 1.24. The first kappa shape index (κ1) is 15.2. The number of carboxylic acids is 1. The molecule has 0 aromatic carbocycles. The number of carboxylic acid groups (broad SMARTS) is 1. The van der Waals surface area contributed by atoms with Crippen LogP contribution in [0.1, 0.15) is 33.1 Å². The van der Waals surface area contributed by atoms with Gasteiger partial charge in [-0.15, -0.1) is 0 Å². The van der Waals surface area contributed by atoms with Crippen molar-refractivity contribution in [2.75, 3.05) is 13.1 Å². The summed E-state index contributed by atoms with van der Waals surface area (Å²) in [5.74, 6) is -1.65. The molecule has 1 aliphatic rings. The lowest BCUT2D eigenvalue weighted by Crippen LogP contribution is -2.44. The molecule has 0 bridgehead atoms. The minimum Gasteiger partial charge on any atom is -0.481 e. The number of carbonyl (C=O) groups excluding carboxylic acids is 2. The Hall–Kier alpha value is -1.85. The Labute approximate surface area is 112 Å². The molecule has 1 atom stereocenters. The Bertz CT molecular complexity index is 403. The van der Waals surface area contributed by atoms with Crippen molar-refractivity contribution in [1.29, 1.82) is 0 Å². The van der Waals surface area contributed by atoms with Crippen molar-refractivity contribution in [1.82, 2.24) is 10.2 Å². The molecule has 106 valence electrons. The van der Waals surface area contributed by atoms with Gasteiger partial charge in [0.05, 0.1) is 0 Å². The molecule has 19 heavy (non-hydrogen) atoms. The average Bonchev–Trinajstić information content (AvgIpc) is 2.27. The Kier molecular flexibility index (Phi) is 5.54. The minimum atomic E-state index is -0.941. The molecule has 1 rings (SSSR count). The van der Waals surface area contributed by atoms with Crippen LogP contribution in [0.4, 0.5) is 4.79 Å². The van der Waals surface area contributed by atoms with E-state index in [4.69, 9.17) is 5.11 Å². The Morgan fingerprint density at radius 1 is 1.42 bits per heavy atom. The Morgan fingerprint density at radius 3 is 2.63 bits per heavy atom. The zero-order chi connectivity index (χ0) is 14.4. The van der Waals surface area contributed by atoms with E-state index >= 15 is 0 Å². The van der Waals surface area contributed by atoms with Gasteiger partial charge < -0.3 is 10.0 Å². The van der Waals surface area contributed by atoms with Crippen LogP contribution in [0.25, 0.3) is 0 Å². The van der Waals surface area contributed by atoms with Gasteiger partial charge in [-0.1, -0.05) is 18.6 Å². The number of urea groups is 1. The number of amides is 3. The van der Waals surface area contributed by atoms with Crippen LogP contribution in [0.2, 0.25) is 0 Å². The van der Waals surface area contributed by atoms with Gasteiger partial charge in [0.2, 0.25) is 5.91 Å². The van der Waals surface area contributed by atoms with Gasteiger partial charge in [0.25, 0.3) is 0 Å². The second-order valence-electron chi connectivity index (χ2n) is 5.01. The summed E-state index contributed by atoms with van der Waals surface area (Å²) in [6.45, 7) is 4.79. The lowest BCUT2D eigenvalue weighted by molar-refractivity contribution is -0.138. The SMILES string of the molecule is CC1=CCN(C(=O)NC(=O)CC(C)CC(=O)O)CC1. The van der Waals surface area contributed by atoms with Gasteiger partial charge >= 0.3 is 12.0 Å². The molecule has 6 heteroatoms. The molecule has 0 spiro atoms. The molecule has 6 nitrogen and oxygen atoms in total. The topological polar surface area (TPSA) is 86.7 Å². The zero-order valence-electron chi connectivity index (χ0n) is 11.3. The number of rotatable bonds is 4. The normalized spacial score (nSPS) is 16.5. The number of nitrogens with one attached hydrogen (secondary N) is 1. The van der Waals surface area contributed by atoms with E-state index in [0.717, 1.165) is 6.42 Å². The first-order valence-corrected chi connectivity index (χ1v) is 6.34. The first-order chi connectivity index (χ1) is 8.88. The number of imide groups is 1. The largest absolute Gasteiger partial charge is 0.481 e. The molecule has 1 aliphatic heterocycles. The number of aliphatic carboxylic acids is 1. The molecule has 2 N–H and O–H groups in total. The fourth-order valence-electron chi connectivity index (χ4n) is 1.89. The third-order valence-electron chi connectivity index (χ3n) is 3.03. The van der Waals surface area contributed by atoms with E-state index in [1.165, 1.54) is 5.57 Å². The lowest BCUT2D eigenvalue weighted by Gasteiger charge is -2.25. The van der Waals surface area contributed by atoms with Crippen LogP contribution < -0.4 is 5.32 Å². The molecule has 1 heterocycles. The molecule has 1 unspecified atom stereocenters. The number of carbonyl (C=O) groups is 3. The zero-order valence-corrected chi connectivity index (χ0v) is 11.3. The smallest absolute Gasteiger partial charge is 0.324 e. The molecule has 0 aromatic heterocycles. The predicted octanol–water partition coefficient (Wildman–Crippen LogP) is 1.38. The quantitative estimate of drug-likeness (QED) is 0.754. The van der Waals surface area contributed by atoms with E-state index in [2.05, 4.69) is 5.32 Å². The van der Waals surface area contributed by atoms with Crippen molar-refractivity contribution in [3.8, 4) is 0 Å². The molecule has 3 amide bonds.